The monoisotopic (exact) mass is 427 g/mol. The second kappa shape index (κ2) is 6.62. The smallest absolute Gasteiger partial charge is 0.336 e. The van der Waals surface area contributed by atoms with Gasteiger partial charge in [0.1, 0.15) is 0 Å². The Morgan fingerprint density at radius 1 is 0.710 bits per heavy atom. The summed E-state index contributed by atoms with van der Waals surface area (Å²) in [7, 11) is 0. The maximum absolute atomic E-state index is 12.1. The molecule has 0 unspecified atom stereocenters. The van der Waals surface area contributed by atoms with Gasteiger partial charge in [-0.25, -0.2) is 9.59 Å². The van der Waals surface area contributed by atoms with Crippen molar-refractivity contribution in [1.29, 1.82) is 0 Å². The topological polar surface area (TPSA) is 192 Å². The van der Waals surface area contributed by atoms with Crippen LogP contribution in [0.3, 0.4) is 0 Å². The molecule has 0 saturated heterocycles. The minimum absolute atomic E-state index is 0.144. The molecule has 2 aromatic rings. The number of carbonyl (C=O) groups is 4. The number of hydrogen-bond donors (Lipinski definition) is 4. The highest BCUT2D eigenvalue weighted by Crippen LogP contribution is 2.59. The summed E-state index contributed by atoms with van der Waals surface area (Å²) in [5.74, 6) is -11.3. The van der Waals surface area contributed by atoms with E-state index in [1.165, 1.54) is 6.07 Å². The summed E-state index contributed by atoms with van der Waals surface area (Å²) in [5, 5.41) is 49.8. The van der Waals surface area contributed by atoms with Crippen molar-refractivity contribution in [3.63, 3.8) is 0 Å². The molecular weight excluding hydrogens is 414 g/mol. The first-order chi connectivity index (χ1) is 14.5. The number of fused-ring (bicyclic) bond motifs is 1. The van der Waals surface area contributed by atoms with E-state index < -0.39 is 63.6 Å². The number of nitro groups is 1. The molecule has 0 amide bonds. The van der Waals surface area contributed by atoms with Crippen LogP contribution in [0.25, 0.3) is 0 Å². The third-order valence-corrected chi connectivity index (χ3v) is 5.98. The van der Waals surface area contributed by atoms with Gasteiger partial charge in [-0.15, -0.1) is 0 Å². The van der Waals surface area contributed by atoms with Crippen LogP contribution < -0.4 is 0 Å². The van der Waals surface area contributed by atoms with Gasteiger partial charge in [0, 0.05) is 24.0 Å². The average Bonchev–Trinajstić information content (AvgIpc) is 2.71. The maximum Gasteiger partial charge on any atom is 0.336 e. The van der Waals surface area contributed by atoms with Crippen molar-refractivity contribution in [3.05, 3.63) is 73.8 Å². The van der Waals surface area contributed by atoms with Crippen molar-refractivity contribution in [1.82, 2.24) is 0 Å². The van der Waals surface area contributed by atoms with Crippen molar-refractivity contribution < 1.29 is 44.5 Å². The number of hydrogen-bond acceptors (Lipinski definition) is 6. The summed E-state index contributed by atoms with van der Waals surface area (Å²) in [5.41, 5.74) is -0.572. The highest BCUT2D eigenvalue weighted by Gasteiger charge is 2.56. The molecule has 0 saturated carbocycles. The molecule has 0 spiro atoms. The highest BCUT2D eigenvalue weighted by atomic mass is 16.6. The first-order valence-corrected chi connectivity index (χ1v) is 8.92. The van der Waals surface area contributed by atoms with Crippen LogP contribution in [0.4, 0.5) is 5.69 Å². The first kappa shape index (κ1) is 20.0. The third-order valence-electron chi connectivity index (χ3n) is 5.98. The highest BCUT2D eigenvalue weighted by molar-refractivity contribution is 6.02. The molecule has 4 atom stereocenters. The van der Waals surface area contributed by atoms with Gasteiger partial charge < -0.3 is 20.4 Å². The Bertz CT molecular complexity index is 1220. The number of benzene rings is 2. The Hall–Kier alpha value is -4.28. The molecule has 31 heavy (non-hydrogen) atoms. The van der Waals surface area contributed by atoms with E-state index >= 15 is 0 Å². The van der Waals surface area contributed by atoms with Crippen molar-refractivity contribution >= 4 is 29.6 Å². The van der Waals surface area contributed by atoms with E-state index in [9.17, 15) is 49.7 Å². The lowest BCUT2D eigenvalue weighted by Crippen LogP contribution is -2.47. The second-order valence-corrected chi connectivity index (χ2v) is 7.39. The molecule has 0 heterocycles. The number of non-ortho nitro benzene ring substituents is 1. The molecule has 11 nitrogen and oxygen atoms in total. The summed E-state index contributed by atoms with van der Waals surface area (Å²) in [4.78, 5) is 58.0. The molecule has 4 N–H and O–H groups in total. The van der Waals surface area contributed by atoms with E-state index in [1.54, 1.807) is 0 Å². The van der Waals surface area contributed by atoms with Gasteiger partial charge in [0.25, 0.3) is 5.69 Å². The van der Waals surface area contributed by atoms with Crippen LogP contribution in [0, 0.1) is 22.0 Å². The van der Waals surface area contributed by atoms with Gasteiger partial charge >= 0.3 is 23.9 Å². The number of nitro benzene ring substituents is 1. The zero-order chi connectivity index (χ0) is 22.8. The van der Waals surface area contributed by atoms with Crippen molar-refractivity contribution in [3.8, 4) is 0 Å². The Kier molecular flexibility index (Phi) is 4.27. The van der Waals surface area contributed by atoms with Gasteiger partial charge in [-0.2, -0.15) is 0 Å². The van der Waals surface area contributed by atoms with E-state index in [0.29, 0.717) is 5.56 Å². The molecular formula is C20H13NO10. The van der Waals surface area contributed by atoms with E-state index in [2.05, 4.69) is 0 Å². The van der Waals surface area contributed by atoms with Crippen LogP contribution in [0.15, 0.2) is 30.3 Å². The van der Waals surface area contributed by atoms with Crippen LogP contribution in [-0.4, -0.2) is 49.2 Å². The molecule has 3 aliphatic rings. The van der Waals surface area contributed by atoms with Gasteiger partial charge in [0.05, 0.1) is 27.9 Å². The minimum Gasteiger partial charge on any atom is -0.481 e. The summed E-state index contributed by atoms with van der Waals surface area (Å²) in [6, 6.07) is 5.77. The van der Waals surface area contributed by atoms with Crippen LogP contribution in [0.1, 0.15) is 54.8 Å². The Balaban J connectivity index is 2.10. The van der Waals surface area contributed by atoms with E-state index in [0.717, 1.165) is 24.3 Å². The average molecular weight is 427 g/mol. The molecule has 3 aliphatic carbocycles. The lowest BCUT2D eigenvalue weighted by atomic mass is 9.53. The molecule has 11 heteroatoms. The molecule has 158 valence electrons. The molecule has 0 aliphatic heterocycles. The molecule has 2 aromatic carbocycles. The number of carboxylic acid groups (broad SMARTS) is 4. The van der Waals surface area contributed by atoms with Crippen LogP contribution in [0.2, 0.25) is 0 Å². The van der Waals surface area contributed by atoms with Crippen LogP contribution in [0.5, 0.6) is 0 Å². The summed E-state index contributed by atoms with van der Waals surface area (Å²) < 4.78 is 0. The molecule has 0 aromatic heterocycles. The zero-order valence-corrected chi connectivity index (χ0v) is 15.4. The van der Waals surface area contributed by atoms with Crippen molar-refractivity contribution in [2.45, 2.75) is 11.8 Å². The van der Waals surface area contributed by atoms with Crippen molar-refractivity contribution in [2.24, 2.45) is 11.8 Å². The lowest BCUT2D eigenvalue weighted by molar-refractivity contribution is -0.385. The Morgan fingerprint density at radius 3 is 1.52 bits per heavy atom. The molecule has 5 rings (SSSR count). The number of nitrogens with zero attached hydrogens (tertiary/aromatic N) is 1. The SMILES string of the molecule is O=C(O)c1cc2c(cc1C(=O)O)[C@@H]1c3cc([N+](=O)[O-])ccc3[C@H]2[C@H](C(=O)O)[C@H]1C(=O)O. The van der Waals surface area contributed by atoms with Gasteiger partial charge in [-0.1, -0.05) is 6.07 Å². The molecule has 0 fully saturated rings. The normalized spacial score (nSPS) is 22.8. The Labute approximate surface area is 172 Å². The number of aromatic carboxylic acids is 2. The van der Waals surface area contributed by atoms with Crippen LogP contribution >= 0.6 is 0 Å². The zero-order valence-electron chi connectivity index (χ0n) is 15.4. The lowest BCUT2D eigenvalue weighted by Gasteiger charge is -2.47. The number of rotatable bonds is 5. The molecule has 0 radical (unpaired) electrons. The predicted molar refractivity (Wildman–Crippen MR) is 99.4 cm³/mol. The van der Waals surface area contributed by atoms with E-state index in [4.69, 9.17) is 0 Å². The van der Waals surface area contributed by atoms with Gasteiger partial charge in [-0.3, -0.25) is 19.7 Å². The quantitative estimate of drug-likeness (QED) is 0.405. The second-order valence-electron chi connectivity index (χ2n) is 7.39. The Morgan fingerprint density at radius 2 is 1.13 bits per heavy atom. The standard InChI is InChI=1S/C20H13NO10/c22-17(23)11-4-9-10(5-12(11)18(24)25)14-8-3-6(21(30)31)1-2-7(8)13(9)15(19(26)27)16(14)20(28)29/h1-5,13-16H,(H,22,23)(H,24,25)(H,26,27)(H,28,29)/t13-,14+,15+,16+/m1/s1. The predicted octanol–water partition coefficient (Wildman–Crippen LogP) is 1.98. The van der Waals surface area contributed by atoms with Gasteiger partial charge in [0.15, 0.2) is 0 Å². The van der Waals surface area contributed by atoms with Gasteiger partial charge in [0.2, 0.25) is 0 Å². The van der Waals surface area contributed by atoms with Gasteiger partial charge in [-0.05, 0) is 34.4 Å². The largest absolute Gasteiger partial charge is 0.481 e. The number of aliphatic carboxylic acids is 2. The fourth-order valence-corrected chi connectivity index (χ4v) is 4.87. The number of carboxylic acids is 4. The van der Waals surface area contributed by atoms with Crippen LogP contribution in [-0.2, 0) is 9.59 Å². The maximum atomic E-state index is 12.1. The minimum atomic E-state index is -1.55. The summed E-state index contributed by atoms with van der Waals surface area (Å²) >= 11 is 0. The van der Waals surface area contributed by atoms with E-state index in [1.807, 2.05) is 0 Å². The summed E-state index contributed by atoms with van der Waals surface area (Å²) in [6.07, 6.45) is 0. The molecule has 2 bridgehead atoms. The van der Waals surface area contributed by atoms with Crippen molar-refractivity contribution in [2.75, 3.05) is 0 Å². The summed E-state index contributed by atoms with van der Waals surface area (Å²) in [6.45, 7) is 0. The first-order valence-electron chi connectivity index (χ1n) is 8.92. The van der Waals surface area contributed by atoms with E-state index in [-0.39, 0.29) is 22.4 Å². The third kappa shape index (κ3) is 2.74. The fourth-order valence-electron chi connectivity index (χ4n) is 4.87. The fraction of sp³-hybridized carbons (Fsp3) is 0.200.